The summed E-state index contributed by atoms with van der Waals surface area (Å²) in [5, 5.41) is -0.420. The van der Waals surface area contributed by atoms with Gasteiger partial charge in [-0.25, -0.2) is 13.4 Å². The van der Waals surface area contributed by atoms with E-state index < -0.39 is 15.1 Å². The zero-order valence-corrected chi connectivity index (χ0v) is 14.1. The van der Waals surface area contributed by atoms with E-state index in [1.165, 1.54) is 0 Å². The van der Waals surface area contributed by atoms with Gasteiger partial charge in [-0.2, -0.15) is 0 Å². The normalized spacial score (nSPS) is 26.8. The molecule has 4 rings (SSSR count). The third-order valence-electron chi connectivity index (χ3n) is 4.80. The molecule has 24 heavy (non-hydrogen) atoms. The van der Waals surface area contributed by atoms with Gasteiger partial charge in [-0.05, 0) is 18.6 Å². The van der Waals surface area contributed by atoms with Gasteiger partial charge in [0.2, 0.25) is 5.89 Å². The van der Waals surface area contributed by atoms with Crippen molar-refractivity contribution in [3.05, 3.63) is 42.3 Å². The fourth-order valence-electron chi connectivity index (χ4n) is 3.51. The Balaban J connectivity index is 1.52. The average Bonchev–Trinajstić information content (AvgIpc) is 3.07. The Morgan fingerprint density at radius 2 is 2.08 bits per heavy atom. The van der Waals surface area contributed by atoms with E-state index in [1.807, 2.05) is 30.3 Å². The van der Waals surface area contributed by atoms with Crippen molar-refractivity contribution in [2.45, 2.75) is 24.3 Å². The Kier molecular flexibility index (Phi) is 4.15. The number of hydrogen-bond donors (Lipinski definition) is 0. The summed E-state index contributed by atoms with van der Waals surface area (Å²) in [6.45, 7) is 2.02. The molecule has 0 unspecified atom stereocenters. The molecule has 1 aromatic heterocycles. The Bertz CT molecular complexity index is 803. The van der Waals surface area contributed by atoms with Gasteiger partial charge in [0.05, 0.1) is 25.1 Å². The van der Waals surface area contributed by atoms with Gasteiger partial charge in [-0.3, -0.25) is 4.90 Å². The number of fused-ring (bicyclic) bond motifs is 1. The molecule has 2 aromatic rings. The average molecular weight is 348 g/mol. The van der Waals surface area contributed by atoms with Crippen LogP contribution in [-0.4, -0.2) is 55.1 Å². The van der Waals surface area contributed by atoms with Crippen LogP contribution in [0.1, 0.15) is 12.2 Å². The maximum Gasteiger partial charge on any atom is 0.226 e. The Labute approximate surface area is 141 Å². The fourth-order valence-corrected chi connectivity index (χ4v) is 5.40. The highest BCUT2D eigenvalue weighted by molar-refractivity contribution is 7.92. The summed E-state index contributed by atoms with van der Waals surface area (Å²) in [5.41, 5.74) is 0.939. The molecule has 0 saturated carbocycles. The Hall–Kier alpha value is -1.70. The van der Waals surface area contributed by atoms with Gasteiger partial charge in [-0.1, -0.05) is 18.2 Å². The van der Waals surface area contributed by atoms with Gasteiger partial charge in [-0.15, -0.1) is 0 Å². The van der Waals surface area contributed by atoms with Crippen LogP contribution < -0.4 is 0 Å². The van der Waals surface area contributed by atoms with Crippen molar-refractivity contribution in [1.82, 2.24) is 9.88 Å². The highest BCUT2D eigenvalue weighted by atomic mass is 32.2. The van der Waals surface area contributed by atoms with E-state index in [-0.39, 0.29) is 11.8 Å². The molecule has 2 saturated heterocycles. The monoisotopic (exact) mass is 348 g/mol. The van der Waals surface area contributed by atoms with Gasteiger partial charge in [0.15, 0.2) is 9.84 Å². The van der Waals surface area contributed by atoms with Crippen molar-refractivity contribution in [2.24, 2.45) is 0 Å². The molecule has 2 aliphatic rings. The molecular formula is C17H20N2O4S. The zero-order chi connectivity index (χ0) is 16.6. The van der Waals surface area contributed by atoms with Crippen LogP contribution in [-0.2, 0) is 21.1 Å². The van der Waals surface area contributed by atoms with Gasteiger partial charge in [0.1, 0.15) is 11.0 Å². The molecule has 0 amide bonds. The lowest BCUT2D eigenvalue weighted by Crippen LogP contribution is -2.58. The third kappa shape index (κ3) is 2.99. The molecule has 2 atom stereocenters. The highest BCUT2D eigenvalue weighted by Crippen LogP contribution is 2.28. The predicted octanol–water partition coefficient (Wildman–Crippen LogP) is 1.73. The minimum absolute atomic E-state index is 0.00257. The number of hydrogen-bond acceptors (Lipinski definition) is 6. The molecule has 3 heterocycles. The van der Waals surface area contributed by atoms with E-state index in [1.54, 1.807) is 6.20 Å². The largest absolute Gasteiger partial charge is 0.440 e. The molecule has 2 fully saturated rings. The second-order valence-corrected chi connectivity index (χ2v) is 8.64. The van der Waals surface area contributed by atoms with Crippen LogP contribution in [0.15, 0.2) is 40.9 Å². The second kappa shape index (κ2) is 6.31. The van der Waals surface area contributed by atoms with Crippen LogP contribution in [0.4, 0.5) is 0 Å². The SMILES string of the molecule is O=S1(=O)CCN(Cc2cnc(-c3ccccc3)o2)[C@H]2CCOC[C@H]21. The lowest BCUT2D eigenvalue weighted by molar-refractivity contribution is 0.0291. The molecule has 0 radical (unpaired) electrons. The molecule has 7 heteroatoms. The molecule has 0 spiro atoms. The first-order valence-corrected chi connectivity index (χ1v) is 9.88. The molecule has 2 aliphatic heterocycles. The number of aromatic nitrogens is 1. The van der Waals surface area contributed by atoms with Crippen molar-refractivity contribution in [2.75, 3.05) is 25.5 Å². The standard InChI is InChI=1S/C17H20N2O4S/c20-24(21)9-7-19(15-6-8-22-12-16(15)24)11-14-10-18-17(23-14)13-4-2-1-3-5-13/h1-5,10,15-16H,6-9,11-12H2/t15-,16+/m0/s1. The van der Waals surface area contributed by atoms with E-state index in [4.69, 9.17) is 9.15 Å². The maximum absolute atomic E-state index is 12.3. The zero-order valence-electron chi connectivity index (χ0n) is 13.3. The van der Waals surface area contributed by atoms with E-state index >= 15 is 0 Å². The molecule has 0 aliphatic carbocycles. The van der Waals surface area contributed by atoms with E-state index in [9.17, 15) is 8.42 Å². The quantitative estimate of drug-likeness (QED) is 0.841. The predicted molar refractivity (Wildman–Crippen MR) is 89.1 cm³/mol. The number of sulfone groups is 1. The number of ether oxygens (including phenoxy) is 1. The molecular weight excluding hydrogens is 328 g/mol. The second-order valence-electron chi connectivity index (χ2n) is 6.30. The Morgan fingerprint density at radius 1 is 1.25 bits per heavy atom. The topological polar surface area (TPSA) is 72.6 Å². The van der Waals surface area contributed by atoms with Crippen molar-refractivity contribution >= 4 is 9.84 Å². The van der Waals surface area contributed by atoms with Crippen LogP contribution in [0.5, 0.6) is 0 Å². The number of rotatable bonds is 3. The maximum atomic E-state index is 12.3. The van der Waals surface area contributed by atoms with Gasteiger partial charge in [0.25, 0.3) is 0 Å². The minimum atomic E-state index is -3.06. The van der Waals surface area contributed by atoms with Crippen molar-refractivity contribution in [3.63, 3.8) is 0 Å². The van der Waals surface area contributed by atoms with Crippen LogP contribution in [0.25, 0.3) is 11.5 Å². The van der Waals surface area contributed by atoms with Crippen LogP contribution in [0.2, 0.25) is 0 Å². The molecule has 1 aromatic carbocycles. The Morgan fingerprint density at radius 3 is 2.92 bits per heavy atom. The van der Waals surface area contributed by atoms with Crippen LogP contribution in [0, 0.1) is 0 Å². The number of benzene rings is 1. The van der Waals surface area contributed by atoms with E-state index in [0.717, 1.165) is 17.7 Å². The summed E-state index contributed by atoms with van der Waals surface area (Å²) in [7, 11) is -3.06. The van der Waals surface area contributed by atoms with Crippen molar-refractivity contribution < 1.29 is 17.6 Å². The fraction of sp³-hybridized carbons (Fsp3) is 0.471. The van der Waals surface area contributed by atoms with Gasteiger partial charge >= 0.3 is 0 Å². The molecule has 0 N–H and O–H groups in total. The highest BCUT2D eigenvalue weighted by Gasteiger charge is 2.43. The lowest BCUT2D eigenvalue weighted by atomic mass is 10.1. The van der Waals surface area contributed by atoms with Crippen LogP contribution >= 0.6 is 0 Å². The first-order chi connectivity index (χ1) is 11.6. The lowest BCUT2D eigenvalue weighted by Gasteiger charge is -2.42. The van der Waals surface area contributed by atoms with Crippen molar-refractivity contribution in [1.29, 1.82) is 0 Å². The molecule has 128 valence electrons. The van der Waals surface area contributed by atoms with Gasteiger partial charge in [0, 0.05) is 24.8 Å². The smallest absolute Gasteiger partial charge is 0.226 e. The van der Waals surface area contributed by atoms with Crippen LogP contribution in [0.3, 0.4) is 0 Å². The first kappa shape index (κ1) is 15.8. The third-order valence-corrected chi connectivity index (χ3v) is 6.92. The molecule has 6 nitrogen and oxygen atoms in total. The van der Waals surface area contributed by atoms with Gasteiger partial charge < -0.3 is 9.15 Å². The summed E-state index contributed by atoms with van der Waals surface area (Å²) in [5.74, 6) is 1.54. The summed E-state index contributed by atoms with van der Waals surface area (Å²) in [6.07, 6.45) is 2.48. The number of oxazole rings is 1. The van der Waals surface area contributed by atoms with E-state index in [0.29, 0.717) is 32.2 Å². The first-order valence-electron chi connectivity index (χ1n) is 8.17. The summed E-state index contributed by atoms with van der Waals surface area (Å²) < 4.78 is 35.8. The van der Waals surface area contributed by atoms with Crippen molar-refractivity contribution in [3.8, 4) is 11.5 Å². The summed E-state index contributed by atoms with van der Waals surface area (Å²) >= 11 is 0. The molecule has 0 bridgehead atoms. The summed E-state index contributed by atoms with van der Waals surface area (Å²) in [6, 6.07) is 9.76. The minimum Gasteiger partial charge on any atom is -0.440 e. The number of nitrogens with zero attached hydrogens (tertiary/aromatic N) is 2. The van der Waals surface area contributed by atoms with E-state index in [2.05, 4.69) is 9.88 Å². The summed E-state index contributed by atoms with van der Waals surface area (Å²) in [4.78, 5) is 6.55.